The van der Waals surface area contributed by atoms with Crippen molar-refractivity contribution in [1.29, 1.82) is 0 Å². The van der Waals surface area contributed by atoms with Crippen molar-refractivity contribution in [2.24, 2.45) is 7.05 Å². The molecule has 0 bridgehead atoms. The summed E-state index contributed by atoms with van der Waals surface area (Å²) in [5.74, 6) is 0.830. The lowest BCUT2D eigenvalue weighted by atomic mass is 10.2. The second kappa shape index (κ2) is 5.53. The van der Waals surface area contributed by atoms with Crippen LogP contribution in [0.5, 0.6) is 5.75 Å². The summed E-state index contributed by atoms with van der Waals surface area (Å²) in [6, 6.07) is 5.61. The zero-order chi connectivity index (χ0) is 14.0. The van der Waals surface area contributed by atoms with Crippen LogP contribution in [0.2, 0.25) is 5.02 Å². The van der Waals surface area contributed by atoms with Gasteiger partial charge in [-0.15, -0.1) is 0 Å². The Kier molecular flexibility index (Phi) is 4.00. The van der Waals surface area contributed by atoms with E-state index < -0.39 is 0 Å². The standard InChI is InChI=1S/C14H18ClN3O/c1-9-14(10(2)18(3)17-9)16-8-11-7-12(15)5-6-13(11)19-4/h5-7,16H,8H2,1-4H3. The van der Waals surface area contributed by atoms with Crippen molar-refractivity contribution in [2.75, 3.05) is 12.4 Å². The first-order valence-electron chi connectivity index (χ1n) is 6.09. The third-order valence-corrected chi connectivity index (χ3v) is 3.44. The Morgan fingerprint density at radius 3 is 2.68 bits per heavy atom. The first-order chi connectivity index (χ1) is 9.02. The van der Waals surface area contributed by atoms with E-state index in [1.165, 1.54) is 0 Å². The van der Waals surface area contributed by atoms with Gasteiger partial charge in [0.25, 0.3) is 0 Å². The lowest BCUT2D eigenvalue weighted by molar-refractivity contribution is 0.410. The van der Waals surface area contributed by atoms with Crippen molar-refractivity contribution in [3.8, 4) is 5.75 Å². The van der Waals surface area contributed by atoms with Crippen LogP contribution in [0.4, 0.5) is 5.69 Å². The summed E-state index contributed by atoms with van der Waals surface area (Å²) in [4.78, 5) is 0. The topological polar surface area (TPSA) is 39.1 Å². The predicted molar refractivity (Wildman–Crippen MR) is 78.0 cm³/mol. The predicted octanol–water partition coefficient (Wildman–Crippen LogP) is 3.31. The first-order valence-corrected chi connectivity index (χ1v) is 6.47. The molecule has 0 fully saturated rings. The molecular formula is C14H18ClN3O. The fourth-order valence-corrected chi connectivity index (χ4v) is 2.29. The number of aromatic nitrogens is 2. The van der Waals surface area contributed by atoms with Crippen LogP contribution < -0.4 is 10.1 Å². The maximum Gasteiger partial charge on any atom is 0.123 e. The van der Waals surface area contributed by atoms with Crippen LogP contribution in [0.3, 0.4) is 0 Å². The number of benzene rings is 1. The molecule has 0 spiro atoms. The average molecular weight is 280 g/mol. The van der Waals surface area contributed by atoms with Crippen molar-refractivity contribution < 1.29 is 4.74 Å². The minimum atomic E-state index is 0.650. The molecule has 4 nitrogen and oxygen atoms in total. The highest BCUT2D eigenvalue weighted by molar-refractivity contribution is 6.30. The Morgan fingerprint density at radius 2 is 2.11 bits per heavy atom. The van der Waals surface area contributed by atoms with Crippen molar-refractivity contribution in [3.63, 3.8) is 0 Å². The van der Waals surface area contributed by atoms with Gasteiger partial charge in [-0.2, -0.15) is 5.10 Å². The quantitative estimate of drug-likeness (QED) is 0.933. The second-order valence-electron chi connectivity index (χ2n) is 4.48. The SMILES string of the molecule is COc1ccc(Cl)cc1CNc1c(C)nn(C)c1C. The van der Waals surface area contributed by atoms with Gasteiger partial charge in [0.05, 0.1) is 24.2 Å². The normalized spacial score (nSPS) is 10.6. The van der Waals surface area contributed by atoms with Crippen molar-refractivity contribution >= 4 is 17.3 Å². The number of halogens is 1. The molecule has 0 aliphatic rings. The molecule has 0 aliphatic carbocycles. The average Bonchev–Trinajstić information content (AvgIpc) is 2.61. The Hall–Kier alpha value is -1.68. The number of rotatable bonds is 4. The summed E-state index contributed by atoms with van der Waals surface area (Å²) in [6.07, 6.45) is 0. The summed E-state index contributed by atoms with van der Waals surface area (Å²) in [6.45, 7) is 4.68. The number of anilines is 1. The molecule has 2 rings (SSSR count). The molecule has 2 aromatic rings. The molecule has 1 N–H and O–H groups in total. The van der Waals surface area contributed by atoms with E-state index in [0.29, 0.717) is 11.6 Å². The largest absolute Gasteiger partial charge is 0.496 e. The third-order valence-electron chi connectivity index (χ3n) is 3.21. The van der Waals surface area contributed by atoms with Gasteiger partial charge in [-0.1, -0.05) is 11.6 Å². The molecule has 5 heteroatoms. The molecule has 0 saturated heterocycles. The highest BCUT2D eigenvalue weighted by atomic mass is 35.5. The third kappa shape index (κ3) is 2.84. The van der Waals surface area contributed by atoms with E-state index in [1.807, 2.05) is 43.8 Å². The van der Waals surface area contributed by atoms with Crippen molar-refractivity contribution in [3.05, 3.63) is 40.2 Å². The van der Waals surface area contributed by atoms with Gasteiger partial charge in [0.15, 0.2) is 0 Å². The van der Waals surface area contributed by atoms with Crippen LogP contribution in [0.25, 0.3) is 0 Å². The number of nitrogens with one attached hydrogen (secondary N) is 1. The van der Waals surface area contributed by atoms with E-state index in [0.717, 1.165) is 28.4 Å². The molecule has 102 valence electrons. The van der Waals surface area contributed by atoms with Gasteiger partial charge in [-0.05, 0) is 32.0 Å². The minimum absolute atomic E-state index is 0.650. The maximum absolute atomic E-state index is 6.02. The van der Waals surface area contributed by atoms with E-state index in [4.69, 9.17) is 16.3 Å². The Balaban J connectivity index is 2.21. The number of aryl methyl sites for hydroxylation is 2. The maximum atomic E-state index is 6.02. The smallest absolute Gasteiger partial charge is 0.123 e. The van der Waals surface area contributed by atoms with Gasteiger partial charge in [0, 0.05) is 24.2 Å². The van der Waals surface area contributed by atoms with E-state index in [9.17, 15) is 0 Å². The Labute approximate surface area is 118 Å². The van der Waals surface area contributed by atoms with E-state index in [2.05, 4.69) is 10.4 Å². The Morgan fingerprint density at radius 1 is 1.37 bits per heavy atom. The van der Waals surface area contributed by atoms with Gasteiger partial charge in [0.1, 0.15) is 5.75 Å². The molecule has 0 saturated carbocycles. The fraction of sp³-hybridized carbons (Fsp3) is 0.357. The highest BCUT2D eigenvalue weighted by Gasteiger charge is 2.10. The monoisotopic (exact) mass is 279 g/mol. The van der Waals surface area contributed by atoms with E-state index in [1.54, 1.807) is 7.11 Å². The summed E-state index contributed by atoms with van der Waals surface area (Å²) in [7, 11) is 3.60. The number of hydrogen-bond donors (Lipinski definition) is 1. The zero-order valence-corrected chi connectivity index (χ0v) is 12.4. The minimum Gasteiger partial charge on any atom is -0.496 e. The molecule has 19 heavy (non-hydrogen) atoms. The summed E-state index contributed by atoms with van der Waals surface area (Å²) in [5.41, 5.74) is 4.18. The summed E-state index contributed by atoms with van der Waals surface area (Å²) in [5, 5.41) is 8.48. The second-order valence-corrected chi connectivity index (χ2v) is 4.92. The fourth-order valence-electron chi connectivity index (χ4n) is 2.10. The van der Waals surface area contributed by atoms with E-state index in [-0.39, 0.29) is 0 Å². The van der Waals surface area contributed by atoms with Gasteiger partial charge in [-0.3, -0.25) is 4.68 Å². The molecule has 1 heterocycles. The molecule has 0 radical (unpaired) electrons. The van der Waals surface area contributed by atoms with Crippen LogP contribution in [0, 0.1) is 13.8 Å². The molecule has 0 amide bonds. The van der Waals surface area contributed by atoms with Crippen LogP contribution >= 0.6 is 11.6 Å². The van der Waals surface area contributed by atoms with Crippen LogP contribution in [0.1, 0.15) is 17.0 Å². The summed E-state index contributed by atoms with van der Waals surface area (Å²) < 4.78 is 7.20. The van der Waals surface area contributed by atoms with Crippen LogP contribution in [0.15, 0.2) is 18.2 Å². The van der Waals surface area contributed by atoms with E-state index >= 15 is 0 Å². The lowest BCUT2D eigenvalue weighted by Gasteiger charge is -2.11. The molecule has 1 aromatic heterocycles. The summed E-state index contributed by atoms with van der Waals surface area (Å²) >= 11 is 6.02. The first kappa shape index (κ1) is 13.7. The lowest BCUT2D eigenvalue weighted by Crippen LogP contribution is -2.03. The van der Waals surface area contributed by atoms with Crippen LogP contribution in [-0.4, -0.2) is 16.9 Å². The van der Waals surface area contributed by atoms with Gasteiger partial charge < -0.3 is 10.1 Å². The Bertz CT molecular complexity index is 593. The molecule has 0 atom stereocenters. The number of nitrogens with zero attached hydrogens (tertiary/aromatic N) is 2. The molecule has 0 aliphatic heterocycles. The number of hydrogen-bond acceptors (Lipinski definition) is 3. The number of methoxy groups -OCH3 is 1. The highest BCUT2D eigenvalue weighted by Crippen LogP contribution is 2.25. The molecule has 1 aromatic carbocycles. The molecule has 0 unspecified atom stereocenters. The zero-order valence-electron chi connectivity index (χ0n) is 11.6. The molecular weight excluding hydrogens is 262 g/mol. The van der Waals surface area contributed by atoms with Gasteiger partial charge in [0.2, 0.25) is 0 Å². The van der Waals surface area contributed by atoms with Gasteiger partial charge >= 0.3 is 0 Å². The van der Waals surface area contributed by atoms with Crippen molar-refractivity contribution in [1.82, 2.24) is 9.78 Å². The van der Waals surface area contributed by atoms with Crippen LogP contribution in [-0.2, 0) is 13.6 Å². The van der Waals surface area contributed by atoms with Crippen molar-refractivity contribution in [2.45, 2.75) is 20.4 Å². The number of ether oxygens (including phenoxy) is 1. The van der Waals surface area contributed by atoms with Gasteiger partial charge in [-0.25, -0.2) is 0 Å².